The van der Waals surface area contributed by atoms with Crippen molar-refractivity contribution in [3.05, 3.63) is 47.5 Å². The monoisotopic (exact) mass is 360 g/mol. The summed E-state index contributed by atoms with van der Waals surface area (Å²) in [7, 11) is 6.47. The van der Waals surface area contributed by atoms with Crippen LogP contribution >= 0.6 is 0 Å². The standard InChI is InChI=1S/C11H14O3.C10H14O2/c1-4-10(12)9-7-8(13-2)5-6-11(9)14-3;1-4-8-7-9(11-2)5-6-10(8)12-3/h5-7H,4H2,1-3H3;5-7H,4H2,1-3H3. The third kappa shape index (κ3) is 5.69. The second-order valence-electron chi connectivity index (χ2n) is 5.37. The summed E-state index contributed by atoms with van der Waals surface area (Å²) in [6, 6.07) is 11.0. The molecule has 0 aliphatic carbocycles. The fourth-order valence-electron chi connectivity index (χ4n) is 2.38. The summed E-state index contributed by atoms with van der Waals surface area (Å²) < 4.78 is 20.4. The van der Waals surface area contributed by atoms with E-state index in [1.807, 2.05) is 25.1 Å². The number of aryl methyl sites for hydroxylation is 1. The van der Waals surface area contributed by atoms with Crippen molar-refractivity contribution in [1.82, 2.24) is 0 Å². The Hall–Kier alpha value is -2.69. The number of methoxy groups -OCH3 is 4. The Balaban J connectivity index is 0.000000263. The second kappa shape index (κ2) is 11.0. The topological polar surface area (TPSA) is 54.0 Å². The molecule has 0 saturated carbocycles. The molecule has 0 saturated heterocycles. The molecule has 5 nitrogen and oxygen atoms in total. The summed E-state index contributed by atoms with van der Waals surface area (Å²) >= 11 is 0. The molecule has 0 aliphatic heterocycles. The molecule has 26 heavy (non-hydrogen) atoms. The van der Waals surface area contributed by atoms with E-state index in [4.69, 9.17) is 18.9 Å². The van der Waals surface area contributed by atoms with Crippen LogP contribution in [0.5, 0.6) is 23.0 Å². The van der Waals surface area contributed by atoms with Crippen molar-refractivity contribution in [2.75, 3.05) is 28.4 Å². The maximum atomic E-state index is 11.5. The summed E-state index contributed by atoms with van der Waals surface area (Å²) in [4.78, 5) is 11.5. The molecule has 0 bridgehead atoms. The van der Waals surface area contributed by atoms with Gasteiger partial charge in [-0.1, -0.05) is 13.8 Å². The zero-order chi connectivity index (χ0) is 19.5. The fourth-order valence-corrected chi connectivity index (χ4v) is 2.38. The van der Waals surface area contributed by atoms with E-state index < -0.39 is 0 Å². The molecule has 5 heteroatoms. The first-order valence-electron chi connectivity index (χ1n) is 8.50. The molecular weight excluding hydrogens is 332 g/mol. The summed E-state index contributed by atoms with van der Waals surface area (Å²) in [5.41, 5.74) is 1.76. The molecule has 0 N–H and O–H groups in total. The highest BCUT2D eigenvalue weighted by Crippen LogP contribution is 2.25. The van der Waals surface area contributed by atoms with Crippen LogP contribution in [0.2, 0.25) is 0 Å². The van der Waals surface area contributed by atoms with Crippen LogP contribution in [0.3, 0.4) is 0 Å². The molecule has 142 valence electrons. The molecule has 0 spiro atoms. The van der Waals surface area contributed by atoms with Crippen molar-refractivity contribution in [3.63, 3.8) is 0 Å². The van der Waals surface area contributed by atoms with Gasteiger partial charge in [0.2, 0.25) is 0 Å². The van der Waals surface area contributed by atoms with E-state index in [2.05, 4.69) is 6.92 Å². The number of hydrogen-bond donors (Lipinski definition) is 0. The maximum Gasteiger partial charge on any atom is 0.166 e. The van der Waals surface area contributed by atoms with Crippen LogP contribution in [0.25, 0.3) is 0 Å². The van der Waals surface area contributed by atoms with Gasteiger partial charge in [-0.05, 0) is 48.4 Å². The van der Waals surface area contributed by atoms with Crippen LogP contribution < -0.4 is 18.9 Å². The molecule has 2 rings (SSSR count). The largest absolute Gasteiger partial charge is 0.497 e. The SMILES string of the molecule is CCC(=O)c1cc(OC)ccc1OC.CCc1cc(OC)ccc1OC. The third-order valence-electron chi connectivity index (χ3n) is 3.90. The Kier molecular flexibility index (Phi) is 9.06. The summed E-state index contributed by atoms with van der Waals surface area (Å²) in [6.45, 7) is 3.92. The summed E-state index contributed by atoms with van der Waals surface area (Å²) in [6.07, 6.45) is 1.42. The Bertz CT molecular complexity index is 710. The molecule has 0 heterocycles. The van der Waals surface area contributed by atoms with Crippen molar-refractivity contribution in [2.24, 2.45) is 0 Å². The van der Waals surface area contributed by atoms with Crippen molar-refractivity contribution in [2.45, 2.75) is 26.7 Å². The first-order chi connectivity index (χ1) is 12.5. The van der Waals surface area contributed by atoms with Crippen LogP contribution in [0.1, 0.15) is 36.2 Å². The number of Topliss-reactive ketones (excluding diaryl/α,β-unsaturated/α-hetero) is 1. The number of benzene rings is 2. The van der Waals surface area contributed by atoms with E-state index in [1.54, 1.807) is 46.6 Å². The zero-order valence-corrected chi connectivity index (χ0v) is 16.4. The van der Waals surface area contributed by atoms with Crippen molar-refractivity contribution in [1.29, 1.82) is 0 Å². The smallest absolute Gasteiger partial charge is 0.166 e. The summed E-state index contributed by atoms with van der Waals surface area (Å²) in [5.74, 6) is 3.13. The minimum absolute atomic E-state index is 0.0563. The molecule has 0 radical (unpaired) electrons. The third-order valence-corrected chi connectivity index (χ3v) is 3.90. The van der Waals surface area contributed by atoms with Gasteiger partial charge in [-0.25, -0.2) is 0 Å². The highest BCUT2D eigenvalue weighted by Gasteiger charge is 2.11. The molecule has 0 aromatic heterocycles. The lowest BCUT2D eigenvalue weighted by atomic mass is 10.1. The van der Waals surface area contributed by atoms with Crippen molar-refractivity contribution < 1.29 is 23.7 Å². The number of rotatable bonds is 7. The maximum absolute atomic E-state index is 11.5. The first kappa shape index (κ1) is 21.4. The Morgan fingerprint density at radius 1 is 0.769 bits per heavy atom. The minimum Gasteiger partial charge on any atom is -0.497 e. The predicted molar refractivity (Wildman–Crippen MR) is 103 cm³/mol. The quantitative estimate of drug-likeness (QED) is 0.677. The number of ketones is 1. The highest BCUT2D eigenvalue weighted by atomic mass is 16.5. The molecular formula is C21H28O5. The van der Waals surface area contributed by atoms with E-state index in [-0.39, 0.29) is 5.78 Å². The molecule has 0 aliphatic rings. The molecule has 2 aromatic carbocycles. The van der Waals surface area contributed by atoms with E-state index in [1.165, 1.54) is 5.56 Å². The first-order valence-corrected chi connectivity index (χ1v) is 8.50. The van der Waals surface area contributed by atoms with Gasteiger partial charge in [-0.15, -0.1) is 0 Å². The number of hydrogen-bond acceptors (Lipinski definition) is 5. The average Bonchev–Trinajstić information content (AvgIpc) is 2.72. The van der Waals surface area contributed by atoms with Gasteiger partial charge in [-0.2, -0.15) is 0 Å². The van der Waals surface area contributed by atoms with E-state index in [0.29, 0.717) is 23.5 Å². The van der Waals surface area contributed by atoms with Crippen molar-refractivity contribution >= 4 is 5.78 Å². The van der Waals surface area contributed by atoms with E-state index in [0.717, 1.165) is 17.9 Å². The molecule has 2 aromatic rings. The highest BCUT2D eigenvalue weighted by molar-refractivity contribution is 5.98. The van der Waals surface area contributed by atoms with Crippen molar-refractivity contribution in [3.8, 4) is 23.0 Å². The molecule has 0 amide bonds. The van der Waals surface area contributed by atoms with Gasteiger partial charge in [0.25, 0.3) is 0 Å². The van der Waals surface area contributed by atoms with Gasteiger partial charge in [0.15, 0.2) is 5.78 Å². The minimum atomic E-state index is 0.0563. The lowest BCUT2D eigenvalue weighted by molar-refractivity contribution is 0.0985. The Labute approximate surface area is 155 Å². The number of ether oxygens (including phenoxy) is 4. The van der Waals surface area contributed by atoms with Gasteiger partial charge in [0, 0.05) is 6.42 Å². The van der Waals surface area contributed by atoms with Gasteiger partial charge < -0.3 is 18.9 Å². The molecule has 0 fully saturated rings. The van der Waals surface area contributed by atoms with Crippen LogP contribution in [0.4, 0.5) is 0 Å². The zero-order valence-electron chi connectivity index (χ0n) is 16.4. The van der Waals surface area contributed by atoms with Crippen LogP contribution in [0, 0.1) is 0 Å². The number of carbonyl (C=O) groups excluding carboxylic acids is 1. The summed E-state index contributed by atoms with van der Waals surface area (Å²) in [5, 5.41) is 0. The lowest BCUT2D eigenvalue weighted by Gasteiger charge is -2.08. The Morgan fingerprint density at radius 2 is 1.31 bits per heavy atom. The predicted octanol–water partition coefficient (Wildman–Crippen LogP) is 4.56. The number of carbonyl (C=O) groups is 1. The van der Waals surface area contributed by atoms with E-state index >= 15 is 0 Å². The fraction of sp³-hybridized carbons (Fsp3) is 0.381. The second-order valence-corrected chi connectivity index (χ2v) is 5.37. The van der Waals surface area contributed by atoms with E-state index in [9.17, 15) is 4.79 Å². The normalized spacial score (nSPS) is 9.62. The molecule has 0 unspecified atom stereocenters. The Morgan fingerprint density at radius 3 is 1.77 bits per heavy atom. The lowest BCUT2D eigenvalue weighted by Crippen LogP contribution is -2.01. The van der Waals surface area contributed by atoms with Crippen LogP contribution in [-0.4, -0.2) is 34.2 Å². The van der Waals surface area contributed by atoms with Crippen LogP contribution in [-0.2, 0) is 6.42 Å². The van der Waals surface area contributed by atoms with Gasteiger partial charge in [0.05, 0.1) is 34.0 Å². The average molecular weight is 360 g/mol. The van der Waals surface area contributed by atoms with Gasteiger partial charge in [-0.3, -0.25) is 4.79 Å². The van der Waals surface area contributed by atoms with Gasteiger partial charge in [0.1, 0.15) is 23.0 Å². The van der Waals surface area contributed by atoms with Gasteiger partial charge >= 0.3 is 0 Å². The molecule has 0 atom stereocenters. The van der Waals surface area contributed by atoms with Crippen LogP contribution in [0.15, 0.2) is 36.4 Å².